The number of aryl methyl sites for hydroxylation is 1. The first-order chi connectivity index (χ1) is 11.9. The second kappa shape index (κ2) is 8.87. The van der Waals surface area contributed by atoms with Crippen molar-refractivity contribution < 1.29 is 19.1 Å². The number of aliphatic hydroxyl groups excluding tert-OH is 1. The summed E-state index contributed by atoms with van der Waals surface area (Å²) in [7, 11) is 0. The van der Waals surface area contributed by atoms with Gasteiger partial charge in [0.1, 0.15) is 11.3 Å². The van der Waals surface area contributed by atoms with Crippen molar-refractivity contribution in [2.75, 3.05) is 19.8 Å². The number of hydrogen-bond acceptors (Lipinski definition) is 4. The number of urea groups is 1. The molecule has 0 saturated heterocycles. The third kappa shape index (κ3) is 5.47. The van der Waals surface area contributed by atoms with E-state index < -0.39 is 6.10 Å². The van der Waals surface area contributed by atoms with Gasteiger partial charge in [-0.3, -0.25) is 0 Å². The predicted molar refractivity (Wildman–Crippen MR) is 97.6 cm³/mol. The van der Waals surface area contributed by atoms with Gasteiger partial charge >= 0.3 is 6.03 Å². The van der Waals surface area contributed by atoms with Crippen LogP contribution in [0.25, 0.3) is 11.0 Å². The summed E-state index contributed by atoms with van der Waals surface area (Å²) < 4.78 is 11.2. The van der Waals surface area contributed by atoms with E-state index in [1.54, 1.807) is 0 Å². The van der Waals surface area contributed by atoms with E-state index in [-0.39, 0.29) is 25.2 Å². The van der Waals surface area contributed by atoms with E-state index >= 15 is 0 Å². The summed E-state index contributed by atoms with van der Waals surface area (Å²) in [5.41, 5.74) is 1.83. The molecule has 0 aliphatic heterocycles. The highest BCUT2D eigenvalue weighted by Crippen LogP contribution is 2.28. The molecule has 2 aromatic rings. The van der Waals surface area contributed by atoms with Gasteiger partial charge in [-0.1, -0.05) is 32.0 Å². The Morgan fingerprint density at radius 2 is 1.96 bits per heavy atom. The zero-order valence-corrected chi connectivity index (χ0v) is 15.3. The number of rotatable bonds is 8. The quantitative estimate of drug-likeness (QED) is 0.684. The second-order valence-corrected chi connectivity index (χ2v) is 6.75. The first-order valence-electron chi connectivity index (χ1n) is 8.66. The predicted octanol–water partition coefficient (Wildman–Crippen LogP) is 3.13. The average Bonchev–Trinajstić information content (AvgIpc) is 2.90. The maximum Gasteiger partial charge on any atom is 0.315 e. The number of ether oxygens (including phenoxy) is 1. The maximum absolute atomic E-state index is 12.0. The molecule has 3 N–H and O–H groups in total. The van der Waals surface area contributed by atoms with Crippen LogP contribution >= 0.6 is 0 Å². The number of carbonyl (C=O) groups excluding carboxylic acids is 1. The number of carbonyl (C=O) groups is 1. The SMILES string of the molecule is Cc1c(C(C)NC(=O)NCC(O)COCC(C)C)oc2ccccc12. The number of para-hydroxylation sites is 1. The van der Waals surface area contributed by atoms with E-state index in [0.717, 1.165) is 22.3 Å². The van der Waals surface area contributed by atoms with Crippen LogP contribution in [-0.2, 0) is 4.74 Å². The lowest BCUT2D eigenvalue weighted by Gasteiger charge is -2.16. The number of aliphatic hydroxyl groups is 1. The Balaban J connectivity index is 1.82. The molecule has 0 aliphatic rings. The van der Waals surface area contributed by atoms with Crippen molar-refractivity contribution in [2.24, 2.45) is 5.92 Å². The highest BCUT2D eigenvalue weighted by atomic mass is 16.5. The van der Waals surface area contributed by atoms with Crippen LogP contribution in [-0.4, -0.2) is 37.0 Å². The number of benzene rings is 1. The van der Waals surface area contributed by atoms with Crippen LogP contribution in [0.1, 0.15) is 38.1 Å². The second-order valence-electron chi connectivity index (χ2n) is 6.75. The molecule has 0 bridgehead atoms. The molecule has 2 unspecified atom stereocenters. The van der Waals surface area contributed by atoms with Crippen LogP contribution in [0.5, 0.6) is 0 Å². The molecule has 0 radical (unpaired) electrons. The lowest BCUT2D eigenvalue weighted by atomic mass is 10.1. The summed E-state index contributed by atoms with van der Waals surface area (Å²) >= 11 is 0. The Morgan fingerprint density at radius 3 is 2.64 bits per heavy atom. The Kier molecular flexibility index (Phi) is 6.84. The minimum Gasteiger partial charge on any atom is -0.459 e. The van der Waals surface area contributed by atoms with E-state index in [4.69, 9.17) is 9.15 Å². The van der Waals surface area contributed by atoms with Gasteiger partial charge in [-0.25, -0.2) is 4.79 Å². The number of fused-ring (bicyclic) bond motifs is 1. The highest BCUT2D eigenvalue weighted by molar-refractivity contribution is 5.82. The number of amides is 2. The Morgan fingerprint density at radius 1 is 1.24 bits per heavy atom. The molecule has 6 nitrogen and oxygen atoms in total. The molecule has 6 heteroatoms. The van der Waals surface area contributed by atoms with Crippen molar-refractivity contribution in [1.82, 2.24) is 10.6 Å². The van der Waals surface area contributed by atoms with E-state index in [2.05, 4.69) is 10.6 Å². The summed E-state index contributed by atoms with van der Waals surface area (Å²) in [6, 6.07) is 7.16. The zero-order valence-electron chi connectivity index (χ0n) is 15.3. The molecule has 2 rings (SSSR count). The third-order valence-corrected chi connectivity index (χ3v) is 3.88. The van der Waals surface area contributed by atoms with Gasteiger partial charge in [0.2, 0.25) is 0 Å². The maximum atomic E-state index is 12.0. The highest BCUT2D eigenvalue weighted by Gasteiger charge is 2.18. The summed E-state index contributed by atoms with van der Waals surface area (Å²) in [6.07, 6.45) is -0.729. The lowest BCUT2D eigenvalue weighted by molar-refractivity contribution is 0.0272. The minimum atomic E-state index is -0.729. The molecule has 2 atom stereocenters. The third-order valence-electron chi connectivity index (χ3n) is 3.88. The molecule has 0 saturated carbocycles. The molecule has 1 heterocycles. The molecule has 0 spiro atoms. The molecule has 25 heavy (non-hydrogen) atoms. The van der Waals surface area contributed by atoms with E-state index in [1.165, 1.54) is 0 Å². The smallest absolute Gasteiger partial charge is 0.315 e. The molecule has 138 valence electrons. The molecule has 1 aromatic heterocycles. The zero-order chi connectivity index (χ0) is 18.4. The van der Waals surface area contributed by atoms with Crippen LogP contribution in [0, 0.1) is 12.8 Å². The van der Waals surface area contributed by atoms with Crippen molar-refractivity contribution in [3.05, 3.63) is 35.6 Å². The molecule has 2 amide bonds. The number of furan rings is 1. The van der Waals surface area contributed by atoms with E-state index in [1.807, 2.05) is 52.0 Å². The molecular formula is C19H28N2O4. The van der Waals surface area contributed by atoms with Gasteiger partial charge in [0, 0.05) is 24.1 Å². The van der Waals surface area contributed by atoms with Crippen molar-refractivity contribution >= 4 is 17.0 Å². The number of hydrogen-bond donors (Lipinski definition) is 3. The fraction of sp³-hybridized carbons (Fsp3) is 0.526. The topological polar surface area (TPSA) is 83.7 Å². The molecule has 1 aromatic carbocycles. The van der Waals surface area contributed by atoms with Crippen LogP contribution in [0.15, 0.2) is 28.7 Å². The van der Waals surface area contributed by atoms with E-state index in [9.17, 15) is 9.90 Å². The van der Waals surface area contributed by atoms with Gasteiger partial charge in [-0.2, -0.15) is 0 Å². The van der Waals surface area contributed by atoms with E-state index in [0.29, 0.717) is 12.5 Å². The molecular weight excluding hydrogens is 320 g/mol. The first kappa shape index (κ1) is 19.3. The van der Waals surface area contributed by atoms with Gasteiger partial charge in [0.05, 0.1) is 18.8 Å². The Labute approximate surface area is 148 Å². The normalized spacial score (nSPS) is 13.8. The van der Waals surface area contributed by atoms with Crippen LogP contribution in [0.4, 0.5) is 4.79 Å². The summed E-state index contributed by atoms with van der Waals surface area (Å²) in [4.78, 5) is 12.0. The lowest BCUT2D eigenvalue weighted by Crippen LogP contribution is -2.42. The summed E-state index contributed by atoms with van der Waals surface area (Å²) in [5.74, 6) is 1.15. The van der Waals surface area contributed by atoms with Gasteiger partial charge in [-0.05, 0) is 25.8 Å². The van der Waals surface area contributed by atoms with Crippen LogP contribution < -0.4 is 10.6 Å². The van der Waals surface area contributed by atoms with Gasteiger partial charge in [0.25, 0.3) is 0 Å². The minimum absolute atomic E-state index is 0.135. The summed E-state index contributed by atoms with van der Waals surface area (Å²) in [6.45, 7) is 8.86. The van der Waals surface area contributed by atoms with Gasteiger partial charge in [0.15, 0.2) is 0 Å². The van der Waals surface area contributed by atoms with Crippen molar-refractivity contribution in [3.63, 3.8) is 0 Å². The fourth-order valence-electron chi connectivity index (χ4n) is 2.63. The molecule has 0 aliphatic carbocycles. The summed E-state index contributed by atoms with van der Waals surface area (Å²) in [5, 5.41) is 16.3. The van der Waals surface area contributed by atoms with Crippen molar-refractivity contribution in [3.8, 4) is 0 Å². The Bertz CT molecular complexity index is 696. The Hall–Kier alpha value is -2.05. The van der Waals surface area contributed by atoms with Gasteiger partial charge in [-0.15, -0.1) is 0 Å². The van der Waals surface area contributed by atoms with Crippen molar-refractivity contribution in [1.29, 1.82) is 0 Å². The molecule has 0 fully saturated rings. The first-order valence-corrected chi connectivity index (χ1v) is 8.66. The van der Waals surface area contributed by atoms with Crippen LogP contribution in [0.3, 0.4) is 0 Å². The number of nitrogens with one attached hydrogen (secondary N) is 2. The van der Waals surface area contributed by atoms with Crippen LogP contribution in [0.2, 0.25) is 0 Å². The average molecular weight is 348 g/mol. The van der Waals surface area contributed by atoms with Gasteiger partial charge < -0.3 is 24.9 Å². The fourth-order valence-corrected chi connectivity index (χ4v) is 2.63. The largest absolute Gasteiger partial charge is 0.459 e. The standard InChI is InChI=1S/C19H28N2O4/c1-12(2)10-24-11-15(22)9-20-19(23)21-14(4)18-13(3)16-7-5-6-8-17(16)25-18/h5-8,12,14-15,22H,9-11H2,1-4H3,(H2,20,21,23). The van der Waals surface area contributed by atoms with Crippen molar-refractivity contribution in [2.45, 2.75) is 39.8 Å². The monoisotopic (exact) mass is 348 g/mol.